The molecule has 1 aromatic carbocycles. The van der Waals surface area contributed by atoms with E-state index in [0.717, 1.165) is 49.7 Å². The van der Waals surface area contributed by atoms with Gasteiger partial charge in [-0.2, -0.15) is 5.26 Å². The third-order valence-corrected chi connectivity index (χ3v) is 4.09. The van der Waals surface area contributed by atoms with Crippen LogP contribution in [0.3, 0.4) is 0 Å². The Morgan fingerprint density at radius 2 is 2.17 bits per heavy atom. The molecule has 0 radical (unpaired) electrons. The van der Waals surface area contributed by atoms with E-state index in [-0.39, 0.29) is 6.10 Å². The van der Waals surface area contributed by atoms with Crippen molar-refractivity contribution >= 4 is 5.82 Å². The molecule has 1 N–H and O–H groups in total. The van der Waals surface area contributed by atoms with Crippen molar-refractivity contribution in [2.24, 2.45) is 0 Å². The third kappa shape index (κ3) is 4.31. The second-order valence-corrected chi connectivity index (χ2v) is 6.07. The van der Waals surface area contributed by atoms with E-state index in [1.54, 1.807) is 0 Å². The summed E-state index contributed by atoms with van der Waals surface area (Å²) >= 11 is 0. The molecule has 0 saturated carbocycles. The zero-order valence-corrected chi connectivity index (χ0v) is 13.9. The summed E-state index contributed by atoms with van der Waals surface area (Å²) in [7, 11) is 0. The molecule has 0 aliphatic carbocycles. The predicted octanol–water partition coefficient (Wildman–Crippen LogP) is 2.47. The van der Waals surface area contributed by atoms with Gasteiger partial charge in [0.1, 0.15) is 5.82 Å². The molecule has 0 spiro atoms. The van der Waals surface area contributed by atoms with Gasteiger partial charge in [0.2, 0.25) is 0 Å². The van der Waals surface area contributed by atoms with Crippen LogP contribution in [0.25, 0.3) is 0 Å². The average molecular weight is 322 g/mol. The van der Waals surface area contributed by atoms with E-state index in [1.807, 2.05) is 30.5 Å². The number of ether oxygens (including phenoxy) is 1. The molecule has 1 aromatic heterocycles. The van der Waals surface area contributed by atoms with E-state index in [4.69, 9.17) is 10.00 Å². The Morgan fingerprint density at radius 3 is 2.92 bits per heavy atom. The molecule has 1 aliphatic rings. The number of benzene rings is 1. The Hall–Kier alpha value is -2.42. The topological polar surface area (TPSA) is 61.2 Å². The fourth-order valence-electron chi connectivity index (χ4n) is 2.84. The Balaban J connectivity index is 1.52. The van der Waals surface area contributed by atoms with Crippen LogP contribution in [0.4, 0.5) is 5.82 Å². The number of morpholine rings is 1. The number of hydrogen-bond acceptors (Lipinski definition) is 5. The van der Waals surface area contributed by atoms with Crippen LogP contribution in [0, 0.1) is 11.3 Å². The molecule has 5 nitrogen and oxygen atoms in total. The first-order valence-corrected chi connectivity index (χ1v) is 8.26. The molecule has 1 saturated heterocycles. The highest BCUT2D eigenvalue weighted by Crippen LogP contribution is 2.15. The normalized spacial score (nSPS) is 17.5. The smallest absolute Gasteiger partial charge is 0.128 e. The largest absolute Gasteiger partial charge is 0.375 e. The van der Waals surface area contributed by atoms with Crippen molar-refractivity contribution in [1.29, 1.82) is 5.26 Å². The lowest BCUT2D eigenvalue weighted by molar-refractivity contribution is 0.0529. The van der Waals surface area contributed by atoms with Crippen molar-refractivity contribution in [3.05, 3.63) is 59.3 Å². The summed E-state index contributed by atoms with van der Waals surface area (Å²) < 4.78 is 5.57. The van der Waals surface area contributed by atoms with Crippen molar-refractivity contribution in [3.8, 4) is 6.07 Å². The van der Waals surface area contributed by atoms with Gasteiger partial charge < -0.3 is 15.0 Å². The molecule has 2 heterocycles. The number of pyridine rings is 1. The van der Waals surface area contributed by atoms with Gasteiger partial charge in [-0.15, -0.1) is 0 Å². The maximum absolute atomic E-state index is 8.92. The number of aromatic nitrogens is 1. The van der Waals surface area contributed by atoms with Crippen LogP contribution in [0.2, 0.25) is 0 Å². The van der Waals surface area contributed by atoms with E-state index in [0.29, 0.717) is 5.56 Å². The molecule has 124 valence electrons. The molecule has 1 unspecified atom stereocenters. The Labute approximate surface area is 142 Å². The van der Waals surface area contributed by atoms with Gasteiger partial charge in [-0.1, -0.05) is 18.2 Å². The summed E-state index contributed by atoms with van der Waals surface area (Å²) in [5, 5.41) is 12.3. The fraction of sp³-hybridized carbons (Fsp3) is 0.368. The lowest BCUT2D eigenvalue weighted by Gasteiger charge is -2.32. The number of rotatable bonds is 5. The number of nitrogens with one attached hydrogen (secondary N) is 1. The summed E-state index contributed by atoms with van der Waals surface area (Å²) in [6.07, 6.45) is 2.18. The van der Waals surface area contributed by atoms with Crippen LogP contribution in [-0.4, -0.2) is 30.8 Å². The number of hydrogen-bond donors (Lipinski definition) is 1. The van der Waals surface area contributed by atoms with Gasteiger partial charge in [0.05, 0.1) is 24.3 Å². The lowest BCUT2D eigenvalue weighted by atomic mass is 10.1. The molecular weight excluding hydrogens is 300 g/mol. The van der Waals surface area contributed by atoms with Gasteiger partial charge >= 0.3 is 0 Å². The van der Waals surface area contributed by atoms with Crippen molar-refractivity contribution in [1.82, 2.24) is 10.3 Å². The van der Waals surface area contributed by atoms with Crippen molar-refractivity contribution in [2.75, 3.05) is 24.6 Å². The highest BCUT2D eigenvalue weighted by atomic mass is 16.5. The van der Waals surface area contributed by atoms with Crippen LogP contribution in [0.5, 0.6) is 0 Å². The summed E-state index contributed by atoms with van der Waals surface area (Å²) in [6.45, 7) is 6.12. The minimum absolute atomic E-state index is 0.256. The molecule has 1 atom stereocenters. The van der Waals surface area contributed by atoms with Gasteiger partial charge in [-0.05, 0) is 36.2 Å². The van der Waals surface area contributed by atoms with Crippen LogP contribution in [0.15, 0.2) is 42.6 Å². The molecule has 2 aromatic rings. The molecule has 24 heavy (non-hydrogen) atoms. The number of anilines is 1. The van der Waals surface area contributed by atoms with E-state index >= 15 is 0 Å². The molecule has 1 aliphatic heterocycles. The monoisotopic (exact) mass is 322 g/mol. The van der Waals surface area contributed by atoms with Gasteiger partial charge in [0.15, 0.2) is 0 Å². The zero-order valence-electron chi connectivity index (χ0n) is 13.9. The van der Waals surface area contributed by atoms with E-state index < -0.39 is 0 Å². The number of nitrogens with zero attached hydrogens (tertiary/aromatic N) is 3. The maximum Gasteiger partial charge on any atom is 0.128 e. The maximum atomic E-state index is 8.92. The van der Waals surface area contributed by atoms with Gasteiger partial charge in [-0.3, -0.25) is 0 Å². The summed E-state index contributed by atoms with van der Waals surface area (Å²) in [4.78, 5) is 6.84. The highest BCUT2D eigenvalue weighted by molar-refractivity contribution is 5.40. The standard InChI is InChI=1S/C19H22N4O/c1-15-14-23(7-8-24-15)19-6-5-18(13-22-19)12-21-11-17-4-2-3-16(9-17)10-20/h2-6,9,13,15,21H,7-8,11-12,14H2,1H3. The zero-order chi connectivity index (χ0) is 16.8. The van der Waals surface area contributed by atoms with Crippen LogP contribution in [-0.2, 0) is 17.8 Å². The average Bonchev–Trinajstić information content (AvgIpc) is 2.62. The molecule has 5 heteroatoms. The molecule has 3 rings (SSSR count). The first kappa shape index (κ1) is 16.4. The lowest BCUT2D eigenvalue weighted by Crippen LogP contribution is -2.41. The van der Waals surface area contributed by atoms with E-state index in [1.165, 1.54) is 0 Å². The summed E-state index contributed by atoms with van der Waals surface area (Å²) in [5.41, 5.74) is 2.96. The molecular formula is C19H22N4O. The van der Waals surface area contributed by atoms with Gasteiger partial charge in [0.25, 0.3) is 0 Å². The predicted molar refractivity (Wildman–Crippen MR) is 93.6 cm³/mol. The Morgan fingerprint density at radius 1 is 1.29 bits per heavy atom. The number of nitriles is 1. The van der Waals surface area contributed by atoms with E-state index in [2.05, 4.69) is 40.3 Å². The summed E-state index contributed by atoms with van der Waals surface area (Å²) in [5.74, 6) is 1.01. The molecule has 0 bridgehead atoms. The Kier molecular flexibility index (Phi) is 5.42. The van der Waals surface area contributed by atoms with Gasteiger partial charge in [-0.25, -0.2) is 4.98 Å². The summed E-state index contributed by atoms with van der Waals surface area (Å²) in [6, 6.07) is 14.0. The van der Waals surface area contributed by atoms with Crippen molar-refractivity contribution in [2.45, 2.75) is 26.1 Å². The second-order valence-electron chi connectivity index (χ2n) is 6.07. The molecule has 1 fully saturated rings. The van der Waals surface area contributed by atoms with Crippen LogP contribution >= 0.6 is 0 Å². The fourth-order valence-corrected chi connectivity index (χ4v) is 2.84. The first-order valence-electron chi connectivity index (χ1n) is 8.26. The van der Waals surface area contributed by atoms with Crippen molar-refractivity contribution < 1.29 is 4.74 Å². The van der Waals surface area contributed by atoms with E-state index in [9.17, 15) is 0 Å². The molecule has 0 amide bonds. The second kappa shape index (κ2) is 7.91. The minimum Gasteiger partial charge on any atom is -0.375 e. The first-order chi connectivity index (χ1) is 11.7. The van der Waals surface area contributed by atoms with Crippen LogP contribution < -0.4 is 10.2 Å². The van der Waals surface area contributed by atoms with Gasteiger partial charge in [0, 0.05) is 32.4 Å². The Bertz CT molecular complexity index is 708. The quantitative estimate of drug-likeness (QED) is 0.916. The highest BCUT2D eigenvalue weighted by Gasteiger charge is 2.17. The SMILES string of the molecule is CC1CN(c2ccc(CNCc3cccc(C#N)c3)cn2)CCO1. The van der Waals surface area contributed by atoms with Crippen molar-refractivity contribution in [3.63, 3.8) is 0 Å². The minimum atomic E-state index is 0.256. The van der Waals surface area contributed by atoms with Crippen LogP contribution in [0.1, 0.15) is 23.6 Å². The third-order valence-electron chi connectivity index (χ3n) is 4.09.